The highest BCUT2D eigenvalue weighted by molar-refractivity contribution is 6.53. The maximum Gasteiger partial charge on any atom is 0.339 e. The Morgan fingerprint density at radius 1 is 1.11 bits per heavy atom. The number of ether oxygens (including phenoxy) is 1. The molecule has 0 aliphatic carbocycles. The second kappa shape index (κ2) is 7.32. The molecule has 1 fully saturated rings. The lowest BCUT2D eigenvalue weighted by molar-refractivity contribution is -0.142. The number of amides is 5. The number of urea groups is 1. The first-order valence-corrected chi connectivity index (χ1v) is 8.02. The third-order valence-corrected chi connectivity index (χ3v) is 4.08. The van der Waals surface area contributed by atoms with E-state index in [2.05, 4.69) is 0 Å². The van der Waals surface area contributed by atoms with E-state index >= 15 is 0 Å². The second-order valence-corrected chi connectivity index (χ2v) is 5.84. The molecule has 0 N–H and O–H groups in total. The summed E-state index contributed by atoms with van der Waals surface area (Å²) in [4.78, 5) is 52.0. The molecule has 140 valence electrons. The SMILES string of the molecule is COc1ccc(N2C(=O)C(=O)N(CC(=O)N(C)Cc3ccco3)C2=O)cc1. The van der Waals surface area contributed by atoms with Gasteiger partial charge in [-0.1, -0.05) is 0 Å². The minimum atomic E-state index is -1.05. The predicted molar refractivity (Wildman–Crippen MR) is 92.8 cm³/mol. The van der Waals surface area contributed by atoms with Crippen LogP contribution in [0.3, 0.4) is 0 Å². The highest BCUT2D eigenvalue weighted by Crippen LogP contribution is 2.24. The van der Waals surface area contributed by atoms with Gasteiger partial charge in [0.05, 0.1) is 25.6 Å². The van der Waals surface area contributed by atoms with Crippen LogP contribution in [0.1, 0.15) is 5.76 Å². The van der Waals surface area contributed by atoms with Crippen molar-refractivity contribution in [3.05, 3.63) is 48.4 Å². The largest absolute Gasteiger partial charge is 0.497 e. The first-order chi connectivity index (χ1) is 12.9. The number of methoxy groups -OCH3 is 1. The summed E-state index contributed by atoms with van der Waals surface area (Å²) in [5, 5.41) is 0. The number of nitrogens with zero attached hydrogens (tertiary/aromatic N) is 3. The molecule has 0 radical (unpaired) electrons. The van der Waals surface area contributed by atoms with Gasteiger partial charge in [-0.15, -0.1) is 0 Å². The molecule has 3 rings (SSSR count). The number of rotatable bonds is 6. The van der Waals surface area contributed by atoms with Gasteiger partial charge in [0, 0.05) is 7.05 Å². The van der Waals surface area contributed by atoms with Gasteiger partial charge in [-0.2, -0.15) is 0 Å². The standard InChI is InChI=1S/C18H17N3O6/c1-19(10-14-4-3-9-27-14)15(22)11-20-16(23)17(24)21(18(20)25)12-5-7-13(26-2)8-6-12/h3-9H,10-11H2,1-2H3. The molecule has 27 heavy (non-hydrogen) atoms. The van der Waals surface area contributed by atoms with Crippen molar-refractivity contribution in [3.8, 4) is 5.75 Å². The number of likely N-dealkylation sites (N-methyl/N-ethyl adjacent to an activating group) is 1. The van der Waals surface area contributed by atoms with Crippen molar-refractivity contribution in [3.63, 3.8) is 0 Å². The van der Waals surface area contributed by atoms with Gasteiger partial charge in [0.15, 0.2) is 0 Å². The third-order valence-electron chi connectivity index (χ3n) is 4.08. The average Bonchev–Trinajstić information content (AvgIpc) is 3.25. The van der Waals surface area contributed by atoms with Crippen molar-refractivity contribution in [2.75, 3.05) is 25.6 Å². The van der Waals surface area contributed by atoms with Crippen LogP contribution in [0.5, 0.6) is 5.75 Å². The molecule has 2 heterocycles. The summed E-state index contributed by atoms with van der Waals surface area (Å²) >= 11 is 0. The number of imide groups is 2. The predicted octanol–water partition coefficient (Wildman–Crippen LogP) is 1.24. The van der Waals surface area contributed by atoms with Crippen LogP contribution < -0.4 is 9.64 Å². The fourth-order valence-corrected chi connectivity index (χ4v) is 2.58. The van der Waals surface area contributed by atoms with E-state index in [0.29, 0.717) is 16.4 Å². The molecule has 5 amide bonds. The molecule has 9 heteroatoms. The Hall–Kier alpha value is -3.62. The third kappa shape index (κ3) is 3.52. The Morgan fingerprint density at radius 3 is 2.41 bits per heavy atom. The zero-order valence-corrected chi connectivity index (χ0v) is 14.7. The summed E-state index contributed by atoms with van der Waals surface area (Å²) in [6.07, 6.45) is 1.48. The minimum Gasteiger partial charge on any atom is -0.497 e. The molecular formula is C18H17N3O6. The van der Waals surface area contributed by atoms with Crippen molar-refractivity contribution >= 4 is 29.4 Å². The summed E-state index contributed by atoms with van der Waals surface area (Å²) in [6.45, 7) is -0.356. The summed E-state index contributed by atoms with van der Waals surface area (Å²) in [5.41, 5.74) is 0.220. The van der Waals surface area contributed by atoms with Gasteiger partial charge in [0.25, 0.3) is 0 Å². The van der Waals surface area contributed by atoms with Gasteiger partial charge in [0.1, 0.15) is 18.1 Å². The quantitative estimate of drug-likeness (QED) is 0.559. The molecule has 1 aromatic heterocycles. The Labute approximate surface area is 154 Å². The molecule has 0 spiro atoms. The molecule has 1 aliphatic rings. The van der Waals surface area contributed by atoms with Crippen LogP contribution in [0, 0.1) is 0 Å². The second-order valence-electron chi connectivity index (χ2n) is 5.84. The number of anilines is 1. The van der Waals surface area contributed by atoms with Gasteiger partial charge in [-0.3, -0.25) is 14.4 Å². The van der Waals surface area contributed by atoms with Crippen LogP contribution >= 0.6 is 0 Å². The topological polar surface area (TPSA) is 100 Å². The Morgan fingerprint density at radius 2 is 1.81 bits per heavy atom. The number of carbonyl (C=O) groups is 4. The van der Waals surface area contributed by atoms with Crippen LogP contribution in [-0.2, 0) is 20.9 Å². The van der Waals surface area contributed by atoms with Crippen LogP contribution in [0.25, 0.3) is 0 Å². The first kappa shape index (κ1) is 18.2. The molecule has 0 unspecified atom stereocenters. The Kier molecular flexibility index (Phi) is 4.93. The lowest BCUT2D eigenvalue weighted by Gasteiger charge is -2.19. The number of hydrogen-bond acceptors (Lipinski definition) is 6. The molecule has 0 atom stereocenters. The van der Waals surface area contributed by atoms with E-state index in [9.17, 15) is 19.2 Å². The maximum atomic E-state index is 12.5. The zero-order valence-electron chi connectivity index (χ0n) is 14.7. The summed E-state index contributed by atoms with van der Waals surface area (Å²) in [5.74, 6) is -1.46. The Bertz CT molecular complexity index is 875. The summed E-state index contributed by atoms with van der Waals surface area (Å²) < 4.78 is 10.2. The number of benzene rings is 1. The molecular weight excluding hydrogens is 354 g/mol. The van der Waals surface area contributed by atoms with Crippen LogP contribution in [0.2, 0.25) is 0 Å². The summed E-state index contributed by atoms with van der Waals surface area (Å²) in [7, 11) is 3.00. The van der Waals surface area contributed by atoms with E-state index in [1.54, 1.807) is 24.3 Å². The first-order valence-electron chi connectivity index (χ1n) is 8.02. The van der Waals surface area contributed by atoms with Gasteiger partial charge < -0.3 is 14.1 Å². The maximum absolute atomic E-state index is 12.5. The minimum absolute atomic E-state index is 0.179. The number of furan rings is 1. The molecule has 0 bridgehead atoms. The van der Waals surface area contributed by atoms with Crippen molar-refractivity contribution in [1.29, 1.82) is 0 Å². The molecule has 9 nitrogen and oxygen atoms in total. The van der Waals surface area contributed by atoms with Crippen molar-refractivity contribution < 1.29 is 28.3 Å². The number of hydrogen-bond donors (Lipinski definition) is 0. The van der Waals surface area contributed by atoms with Gasteiger partial charge in [-0.25, -0.2) is 14.6 Å². The lowest BCUT2D eigenvalue weighted by atomic mass is 10.3. The van der Waals surface area contributed by atoms with E-state index in [1.807, 2.05) is 0 Å². The van der Waals surface area contributed by atoms with Crippen LogP contribution in [0.15, 0.2) is 47.1 Å². The summed E-state index contributed by atoms with van der Waals surface area (Å²) in [6, 6.07) is 8.61. The zero-order chi connectivity index (χ0) is 19.6. The molecule has 1 aliphatic heterocycles. The van der Waals surface area contributed by atoms with E-state index in [0.717, 1.165) is 4.90 Å². The lowest BCUT2D eigenvalue weighted by Crippen LogP contribution is -2.42. The smallest absolute Gasteiger partial charge is 0.339 e. The van der Waals surface area contributed by atoms with E-state index < -0.39 is 30.3 Å². The van der Waals surface area contributed by atoms with Crippen molar-refractivity contribution in [2.45, 2.75) is 6.54 Å². The van der Waals surface area contributed by atoms with E-state index in [-0.39, 0.29) is 12.2 Å². The van der Waals surface area contributed by atoms with Gasteiger partial charge in [0.2, 0.25) is 5.91 Å². The molecule has 1 aromatic carbocycles. The van der Waals surface area contributed by atoms with Crippen LogP contribution in [0.4, 0.5) is 10.5 Å². The normalized spacial score (nSPS) is 14.1. The molecule has 2 aromatic rings. The number of carbonyl (C=O) groups excluding carboxylic acids is 4. The molecule has 1 saturated heterocycles. The molecule has 0 saturated carbocycles. The Balaban J connectivity index is 1.72. The van der Waals surface area contributed by atoms with E-state index in [1.165, 1.54) is 37.5 Å². The van der Waals surface area contributed by atoms with Gasteiger partial charge >= 0.3 is 17.8 Å². The fourth-order valence-electron chi connectivity index (χ4n) is 2.58. The monoisotopic (exact) mass is 371 g/mol. The highest BCUT2D eigenvalue weighted by Gasteiger charge is 2.46. The van der Waals surface area contributed by atoms with Crippen molar-refractivity contribution in [1.82, 2.24) is 9.80 Å². The van der Waals surface area contributed by atoms with Crippen molar-refractivity contribution in [2.24, 2.45) is 0 Å². The highest BCUT2D eigenvalue weighted by atomic mass is 16.5. The fraction of sp³-hybridized carbons (Fsp3) is 0.222. The van der Waals surface area contributed by atoms with Crippen LogP contribution in [-0.4, -0.2) is 54.3 Å². The van der Waals surface area contributed by atoms with Gasteiger partial charge in [-0.05, 0) is 36.4 Å². The van der Waals surface area contributed by atoms with E-state index in [4.69, 9.17) is 9.15 Å². The average molecular weight is 371 g/mol.